The Balaban J connectivity index is 2.65. The molecule has 1 saturated heterocycles. The SMILES string of the molecule is NC(N)=NCCCC(N)C(=O)NC(CS)C(=O)NC(CO)C(=O)N1CCCC1C(=O)O. The Hall–Kier alpha value is -2.58. The number of nitrogens with zero attached hydrogens (tertiary/aromatic N) is 2. The minimum atomic E-state index is -1.35. The molecule has 0 saturated carbocycles. The number of guanidine groups is 1. The number of nitrogens with two attached hydrogens (primary N) is 3. The maximum Gasteiger partial charge on any atom is 0.326 e. The van der Waals surface area contributed by atoms with Crippen molar-refractivity contribution < 1.29 is 29.4 Å². The molecule has 0 aliphatic carbocycles. The van der Waals surface area contributed by atoms with Gasteiger partial charge in [0.1, 0.15) is 18.1 Å². The third kappa shape index (κ3) is 8.22. The molecule has 1 aliphatic rings. The fourth-order valence-corrected chi connectivity index (χ4v) is 3.33. The van der Waals surface area contributed by atoms with Gasteiger partial charge in [-0.3, -0.25) is 19.4 Å². The van der Waals surface area contributed by atoms with Crippen molar-refractivity contribution in [1.82, 2.24) is 15.5 Å². The lowest BCUT2D eigenvalue weighted by Gasteiger charge is -2.27. The number of carboxylic acids is 1. The molecule has 3 amide bonds. The number of carbonyl (C=O) groups excluding carboxylic acids is 3. The Morgan fingerprint density at radius 1 is 1.16 bits per heavy atom. The van der Waals surface area contributed by atoms with Crippen molar-refractivity contribution in [2.75, 3.05) is 25.4 Å². The van der Waals surface area contributed by atoms with Crippen molar-refractivity contribution in [2.24, 2.45) is 22.2 Å². The van der Waals surface area contributed by atoms with Crippen LogP contribution >= 0.6 is 12.6 Å². The molecule has 0 spiro atoms. The van der Waals surface area contributed by atoms with Crippen molar-refractivity contribution in [3.63, 3.8) is 0 Å². The lowest BCUT2D eigenvalue weighted by Crippen LogP contribution is -2.58. The van der Waals surface area contributed by atoms with Crippen LogP contribution < -0.4 is 27.8 Å². The van der Waals surface area contributed by atoms with Crippen molar-refractivity contribution in [1.29, 1.82) is 0 Å². The van der Waals surface area contributed by atoms with Crippen LogP contribution in [-0.4, -0.2) is 94.4 Å². The second kappa shape index (κ2) is 13.0. The van der Waals surface area contributed by atoms with E-state index in [0.29, 0.717) is 25.8 Å². The summed E-state index contributed by atoms with van der Waals surface area (Å²) in [6.45, 7) is -0.220. The number of rotatable bonds is 12. The molecule has 1 rings (SSSR count). The molecular formula is C17H31N7O6S. The minimum Gasteiger partial charge on any atom is -0.480 e. The normalized spacial score (nSPS) is 18.5. The number of nitrogens with one attached hydrogen (secondary N) is 2. The van der Waals surface area contributed by atoms with Crippen LogP contribution in [0.3, 0.4) is 0 Å². The Morgan fingerprint density at radius 3 is 2.35 bits per heavy atom. The fraction of sp³-hybridized carbons (Fsp3) is 0.706. The summed E-state index contributed by atoms with van der Waals surface area (Å²) in [5.41, 5.74) is 16.2. The van der Waals surface area contributed by atoms with Gasteiger partial charge in [-0.1, -0.05) is 0 Å². The number of carboxylic acid groups (broad SMARTS) is 1. The minimum absolute atomic E-state index is 0.0681. The summed E-state index contributed by atoms with van der Waals surface area (Å²) in [7, 11) is 0. The number of aliphatic carboxylic acids is 1. The summed E-state index contributed by atoms with van der Waals surface area (Å²) >= 11 is 4.04. The average Bonchev–Trinajstić information content (AvgIpc) is 3.22. The van der Waals surface area contributed by atoms with Crippen LogP contribution in [0.15, 0.2) is 4.99 Å². The molecule has 14 heteroatoms. The zero-order chi connectivity index (χ0) is 23.6. The Morgan fingerprint density at radius 2 is 1.81 bits per heavy atom. The van der Waals surface area contributed by atoms with Gasteiger partial charge in [0.25, 0.3) is 0 Å². The largest absolute Gasteiger partial charge is 0.480 e. The highest BCUT2D eigenvalue weighted by Crippen LogP contribution is 2.18. The van der Waals surface area contributed by atoms with Gasteiger partial charge in [0.15, 0.2) is 5.96 Å². The standard InChI is InChI=1S/C17H31N7O6S/c18-9(3-1-5-21-17(19)20)13(26)23-11(8-31)14(27)22-10(7-25)15(28)24-6-2-4-12(24)16(29)30/h9-12,25,31H,1-8,18H2,(H,22,27)(H,23,26)(H,29,30)(H4,19,20,21). The second-order valence-corrected chi connectivity index (χ2v) is 7.44. The van der Waals surface area contributed by atoms with E-state index >= 15 is 0 Å². The third-order valence-corrected chi connectivity index (χ3v) is 5.10. The summed E-state index contributed by atoms with van der Waals surface area (Å²) in [6.07, 6.45) is 1.52. The summed E-state index contributed by atoms with van der Waals surface area (Å²) in [6, 6.07) is -4.38. The first-order valence-corrected chi connectivity index (χ1v) is 10.4. The van der Waals surface area contributed by atoms with E-state index in [0.717, 1.165) is 4.90 Å². The number of carbonyl (C=O) groups is 4. The predicted octanol–water partition coefficient (Wildman–Crippen LogP) is -3.67. The zero-order valence-electron chi connectivity index (χ0n) is 17.1. The molecule has 1 aliphatic heterocycles. The quantitative estimate of drug-likeness (QED) is 0.0619. The summed E-state index contributed by atoms with van der Waals surface area (Å²) in [5, 5.41) is 23.6. The first kappa shape index (κ1) is 26.5. The van der Waals surface area contributed by atoms with Crippen LogP contribution in [0.25, 0.3) is 0 Å². The topological polar surface area (TPSA) is 226 Å². The maximum absolute atomic E-state index is 12.6. The summed E-state index contributed by atoms with van der Waals surface area (Å²) < 4.78 is 0. The maximum atomic E-state index is 12.6. The number of hydrogen-bond donors (Lipinski definition) is 8. The van der Waals surface area contributed by atoms with E-state index in [2.05, 4.69) is 28.3 Å². The molecule has 0 aromatic heterocycles. The molecular weight excluding hydrogens is 430 g/mol. The van der Waals surface area contributed by atoms with Gasteiger partial charge in [-0.25, -0.2) is 4.79 Å². The van der Waals surface area contributed by atoms with Crippen LogP contribution in [-0.2, 0) is 19.2 Å². The molecule has 176 valence electrons. The van der Waals surface area contributed by atoms with Gasteiger partial charge in [0.2, 0.25) is 17.7 Å². The predicted molar refractivity (Wildman–Crippen MR) is 115 cm³/mol. The molecule has 0 bridgehead atoms. The summed E-state index contributed by atoms with van der Waals surface area (Å²) in [5.74, 6) is -3.37. The monoisotopic (exact) mass is 461 g/mol. The smallest absolute Gasteiger partial charge is 0.326 e. The molecule has 13 nitrogen and oxygen atoms in total. The van der Waals surface area contributed by atoms with E-state index in [1.54, 1.807) is 0 Å². The molecule has 0 radical (unpaired) electrons. The van der Waals surface area contributed by atoms with Gasteiger partial charge >= 0.3 is 5.97 Å². The molecule has 1 heterocycles. The number of aliphatic hydroxyl groups is 1. The van der Waals surface area contributed by atoms with Crippen LogP contribution in [0.2, 0.25) is 0 Å². The molecule has 4 unspecified atom stereocenters. The van der Waals surface area contributed by atoms with E-state index in [-0.39, 0.29) is 24.7 Å². The highest BCUT2D eigenvalue weighted by Gasteiger charge is 2.38. The van der Waals surface area contributed by atoms with Gasteiger partial charge < -0.3 is 42.9 Å². The number of amides is 3. The number of hydrogen-bond acceptors (Lipinski definition) is 8. The zero-order valence-corrected chi connectivity index (χ0v) is 18.0. The summed E-state index contributed by atoms with van der Waals surface area (Å²) in [4.78, 5) is 53.5. The molecule has 4 atom stereocenters. The van der Waals surface area contributed by atoms with Gasteiger partial charge in [0.05, 0.1) is 12.6 Å². The van der Waals surface area contributed by atoms with Gasteiger partial charge in [-0.15, -0.1) is 0 Å². The lowest BCUT2D eigenvalue weighted by atomic mass is 10.1. The van der Waals surface area contributed by atoms with E-state index in [1.807, 2.05) is 0 Å². The molecule has 10 N–H and O–H groups in total. The molecule has 31 heavy (non-hydrogen) atoms. The van der Waals surface area contributed by atoms with Crippen LogP contribution in [0.1, 0.15) is 25.7 Å². The Labute approximate surface area is 185 Å². The van der Waals surface area contributed by atoms with Crippen molar-refractivity contribution >= 4 is 42.3 Å². The first-order chi connectivity index (χ1) is 14.6. The van der Waals surface area contributed by atoms with Crippen molar-refractivity contribution in [3.8, 4) is 0 Å². The van der Waals surface area contributed by atoms with Gasteiger partial charge in [0, 0.05) is 18.8 Å². The van der Waals surface area contributed by atoms with E-state index in [4.69, 9.17) is 17.2 Å². The van der Waals surface area contributed by atoms with Crippen LogP contribution in [0.5, 0.6) is 0 Å². The molecule has 0 aromatic carbocycles. The van der Waals surface area contributed by atoms with E-state index in [9.17, 15) is 29.4 Å². The van der Waals surface area contributed by atoms with Crippen molar-refractivity contribution in [3.05, 3.63) is 0 Å². The van der Waals surface area contributed by atoms with E-state index in [1.165, 1.54) is 0 Å². The number of likely N-dealkylation sites (tertiary alicyclic amines) is 1. The van der Waals surface area contributed by atoms with E-state index < -0.39 is 54.5 Å². The number of thiol groups is 1. The Kier molecular flexibility index (Phi) is 11.1. The Bertz CT molecular complexity index is 688. The highest BCUT2D eigenvalue weighted by molar-refractivity contribution is 7.80. The van der Waals surface area contributed by atoms with Crippen LogP contribution in [0.4, 0.5) is 0 Å². The van der Waals surface area contributed by atoms with Crippen LogP contribution in [0, 0.1) is 0 Å². The van der Waals surface area contributed by atoms with Gasteiger partial charge in [-0.05, 0) is 25.7 Å². The highest BCUT2D eigenvalue weighted by atomic mass is 32.1. The number of aliphatic imine (C=N–C) groups is 1. The van der Waals surface area contributed by atoms with Crippen molar-refractivity contribution in [2.45, 2.75) is 49.9 Å². The van der Waals surface area contributed by atoms with Gasteiger partial charge in [-0.2, -0.15) is 12.6 Å². The third-order valence-electron chi connectivity index (χ3n) is 4.74. The lowest BCUT2D eigenvalue weighted by molar-refractivity contribution is -0.150. The average molecular weight is 462 g/mol. The fourth-order valence-electron chi connectivity index (χ4n) is 3.07. The molecule has 1 fully saturated rings. The molecule has 0 aromatic rings. The second-order valence-electron chi connectivity index (χ2n) is 7.07. The number of aliphatic hydroxyl groups excluding tert-OH is 1. The first-order valence-electron chi connectivity index (χ1n) is 9.79.